The SMILES string of the molecule is CCCCCCCCCCCCCCCOc1cc(CCC)cc(OCCCCCCCCCCCCCCC)c1OCCCCCCCCCCCCCCC. The highest BCUT2D eigenvalue weighted by Crippen LogP contribution is 2.40. The van der Waals surface area contributed by atoms with Crippen LogP contribution in [0.1, 0.15) is 290 Å². The fourth-order valence-electron chi connectivity index (χ4n) is 8.32. The molecular formula is C54H102O3. The molecule has 0 bridgehead atoms. The topological polar surface area (TPSA) is 27.7 Å². The minimum absolute atomic E-state index is 0.745. The molecule has 0 N–H and O–H groups in total. The van der Waals surface area contributed by atoms with Gasteiger partial charge in [-0.2, -0.15) is 0 Å². The monoisotopic (exact) mass is 799 g/mol. The van der Waals surface area contributed by atoms with Crippen LogP contribution in [0.25, 0.3) is 0 Å². The lowest BCUT2D eigenvalue weighted by Crippen LogP contribution is -2.07. The van der Waals surface area contributed by atoms with E-state index in [1.165, 1.54) is 237 Å². The molecule has 1 aromatic carbocycles. The van der Waals surface area contributed by atoms with Crippen LogP contribution in [0, 0.1) is 0 Å². The van der Waals surface area contributed by atoms with Crippen molar-refractivity contribution < 1.29 is 14.2 Å². The van der Waals surface area contributed by atoms with Gasteiger partial charge in [-0.05, 0) is 43.4 Å². The van der Waals surface area contributed by atoms with Crippen molar-refractivity contribution in [3.8, 4) is 17.2 Å². The second kappa shape index (κ2) is 44.2. The predicted octanol–water partition coefficient (Wildman–Crippen LogP) is 19.0. The first-order valence-electron chi connectivity index (χ1n) is 26.3. The molecule has 0 heterocycles. The van der Waals surface area contributed by atoms with E-state index in [-0.39, 0.29) is 0 Å². The van der Waals surface area contributed by atoms with Crippen LogP contribution in [0.5, 0.6) is 17.2 Å². The molecule has 0 aromatic heterocycles. The van der Waals surface area contributed by atoms with Gasteiger partial charge in [0.25, 0.3) is 0 Å². The zero-order valence-electron chi connectivity index (χ0n) is 39.5. The molecule has 0 amide bonds. The molecule has 57 heavy (non-hydrogen) atoms. The van der Waals surface area contributed by atoms with Crippen LogP contribution in [0.2, 0.25) is 0 Å². The largest absolute Gasteiger partial charge is 0.490 e. The molecule has 0 saturated carbocycles. The molecule has 0 spiro atoms. The third-order valence-electron chi connectivity index (χ3n) is 12.1. The predicted molar refractivity (Wildman–Crippen MR) is 254 cm³/mol. The average molecular weight is 799 g/mol. The molecule has 3 heteroatoms. The van der Waals surface area contributed by atoms with E-state index in [1.807, 2.05) is 0 Å². The summed E-state index contributed by atoms with van der Waals surface area (Å²) in [6, 6.07) is 4.51. The molecule has 0 aliphatic heterocycles. The fourth-order valence-corrected chi connectivity index (χ4v) is 8.32. The quantitative estimate of drug-likeness (QED) is 0.0615. The lowest BCUT2D eigenvalue weighted by molar-refractivity contribution is 0.234. The summed E-state index contributed by atoms with van der Waals surface area (Å²) in [5, 5.41) is 0. The number of hydrogen-bond acceptors (Lipinski definition) is 3. The van der Waals surface area contributed by atoms with Crippen LogP contribution < -0.4 is 14.2 Å². The molecule has 0 fully saturated rings. The molecule has 0 radical (unpaired) electrons. The maximum absolute atomic E-state index is 6.59. The second-order valence-corrected chi connectivity index (χ2v) is 17.9. The summed E-state index contributed by atoms with van der Waals surface area (Å²) in [5.74, 6) is 2.68. The molecule has 0 aliphatic carbocycles. The van der Waals surface area contributed by atoms with Crippen LogP contribution in [-0.2, 0) is 6.42 Å². The Morgan fingerprint density at radius 3 is 0.737 bits per heavy atom. The standard InChI is InChI=1S/C54H102O3/c1-5-9-12-15-18-21-24-27-30-33-36-39-42-46-55-52-49-51(45-8-4)50-53(56-47-43-40-37-34-31-28-25-22-19-16-13-10-6-2)54(52)57-48-44-41-38-35-32-29-26-23-20-17-14-11-7-3/h49-50H,5-48H2,1-4H3. The van der Waals surface area contributed by atoms with E-state index in [2.05, 4.69) is 39.8 Å². The minimum atomic E-state index is 0.745. The number of hydrogen-bond donors (Lipinski definition) is 0. The summed E-state index contributed by atoms with van der Waals surface area (Å²) >= 11 is 0. The zero-order valence-corrected chi connectivity index (χ0v) is 39.5. The highest BCUT2D eigenvalue weighted by molar-refractivity contribution is 5.54. The van der Waals surface area contributed by atoms with Gasteiger partial charge in [0.2, 0.25) is 5.75 Å². The lowest BCUT2D eigenvalue weighted by Gasteiger charge is -2.19. The Hall–Kier alpha value is -1.38. The molecular weight excluding hydrogens is 697 g/mol. The van der Waals surface area contributed by atoms with Crippen molar-refractivity contribution in [3.05, 3.63) is 17.7 Å². The maximum atomic E-state index is 6.59. The van der Waals surface area contributed by atoms with Crippen molar-refractivity contribution in [1.82, 2.24) is 0 Å². The van der Waals surface area contributed by atoms with Gasteiger partial charge in [-0.15, -0.1) is 0 Å². The van der Waals surface area contributed by atoms with Crippen LogP contribution in [0.4, 0.5) is 0 Å². The van der Waals surface area contributed by atoms with Crippen LogP contribution in [0.3, 0.4) is 0 Å². The molecule has 336 valence electrons. The van der Waals surface area contributed by atoms with Crippen molar-refractivity contribution in [2.75, 3.05) is 19.8 Å². The van der Waals surface area contributed by atoms with Gasteiger partial charge >= 0.3 is 0 Å². The van der Waals surface area contributed by atoms with Crippen molar-refractivity contribution >= 4 is 0 Å². The van der Waals surface area contributed by atoms with E-state index in [9.17, 15) is 0 Å². The first-order chi connectivity index (χ1) is 28.3. The van der Waals surface area contributed by atoms with Crippen molar-refractivity contribution in [2.24, 2.45) is 0 Å². The van der Waals surface area contributed by atoms with E-state index >= 15 is 0 Å². The first-order valence-corrected chi connectivity index (χ1v) is 26.3. The Balaban J connectivity index is 2.51. The number of unbranched alkanes of at least 4 members (excludes halogenated alkanes) is 36. The summed E-state index contributed by atoms with van der Waals surface area (Å²) in [7, 11) is 0. The van der Waals surface area contributed by atoms with Crippen molar-refractivity contribution in [1.29, 1.82) is 0 Å². The fraction of sp³-hybridized carbons (Fsp3) is 0.889. The Kier molecular flexibility index (Phi) is 41.6. The normalized spacial score (nSPS) is 11.4. The van der Waals surface area contributed by atoms with Gasteiger partial charge in [0.05, 0.1) is 19.8 Å². The average Bonchev–Trinajstić information content (AvgIpc) is 3.22. The molecule has 3 nitrogen and oxygen atoms in total. The maximum Gasteiger partial charge on any atom is 0.203 e. The van der Waals surface area contributed by atoms with Crippen molar-refractivity contribution in [2.45, 2.75) is 291 Å². The number of ether oxygens (including phenoxy) is 3. The Bertz CT molecular complexity index is 875. The molecule has 0 aliphatic rings. The van der Waals surface area contributed by atoms with E-state index in [0.29, 0.717) is 0 Å². The van der Waals surface area contributed by atoms with E-state index in [0.717, 1.165) is 69.2 Å². The van der Waals surface area contributed by atoms with E-state index in [4.69, 9.17) is 14.2 Å². The number of benzene rings is 1. The van der Waals surface area contributed by atoms with Gasteiger partial charge in [0.1, 0.15) is 0 Å². The summed E-state index contributed by atoms with van der Waals surface area (Å²) in [5.41, 5.74) is 1.31. The molecule has 0 unspecified atom stereocenters. The van der Waals surface area contributed by atoms with Gasteiger partial charge in [-0.1, -0.05) is 265 Å². The first kappa shape index (κ1) is 53.6. The summed E-state index contributed by atoms with van der Waals surface area (Å²) in [6.07, 6.45) is 55.5. The summed E-state index contributed by atoms with van der Waals surface area (Å²) in [6.45, 7) is 11.5. The smallest absolute Gasteiger partial charge is 0.203 e. The third kappa shape index (κ3) is 35.1. The van der Waals surface area contributed by atoms with Gasteiger partial charge in [0.15, 0.2) is 11.5 Å². The second-order valence-electron chi connectivity index (χ2n) is 17.9. The van der Waals surface area contributed by atoms with Gasteiger partial charge in [0, 0.05) is 0 Å². The van der Waals surface area contributed by atoms with Crippen molar-refractivity contribution in [3.63, 3.8) is 0 Å². The summed E-state index contributed by atoms with van der Waals surface area (Å²) < 4.78 is 19.7. The molecule has 0 atom stereocenters. The third-order valence-corrected chi connectivity index (χ3v) is 12.1. The Labute approximate surface area is 358 Å². The van der Waals surface area contributed by atoms with E-state index in [1.54, 1.807) is 0 Å². The molecule has 0 saturated heterocycles. The van der Waals surface area contributed by atoms with Crippen LogP contribution >= 0.6 is 0 Å². The lowest BCUT2D eigenvalue weighted by atomic mass is 10.0. The van der Waals surface area contributed by atoms with E-state index < -0.39 is 0 Å². The van der Waals surface area contributed by atoms with Gasteiger partial charge < -0.3 is 14.2 Å². The van der Waals surface area contributed by atoms with Gasteiger partial charge in [-0.25, -0.2) is 0 Å². The Morgan fingerprint density at radius 2 is 0.491 bits per heavy atom. The highest BCUT2D eigenvalue weighted by atomic mass is 16.5. The number of rotatable bonds is 47. The summed E-state index contributed by atoms with van der Waals surface area (Å²) in [4.78, 5) is 0. The zero-order chi connectivity index (χ0) is 41.0. The van der Waals surface area contributed by atoms with Crippen LogP contribution in [-0.4, -0.2) is 19.8 Å². The highest BCUT2D eigenvalue weighted by Gasteiger charge is 2.16. The Morgan fingerprint density at radius 1 is 0.263 bits per heavy atom. The number of aryl methyl sites for hydroxylation is 1. The molecule has 1 rings (SSSR count). The van der Waals surface area contributed by atoms with Gasteiger partial charge in [-0.3, -0.25) is 0 Å². The minimum Gasteiger partial charge on any atom is -0.490 e. The van der Waals surface area contributed by atoms with Crippen LogP contribution in [0.15, 0.2) is 12.1 Å². The molecule has 1 aromatic rings.